The van der Waals surface area contributed by atoms with Crippen molar-refractivity contribution in [2.45, 2.75) is 38.6 Å². The van der Waals surface area contributed by atoms with Crippen LogP contribution in [0.3, 0.4) is 0 Å². The minimum atomic E-state index is -3.57. The van der Waals surface area contributed by atoms with Gasteiger partial charge in [0.25, 0.3) is 10.0 Å². The molecule has 0 amide bonds. The molecule has 116 valence electrons. The Morgan fingerprint density at radius 1 is 1.33 bits per heavy atom. The third-order valence-electron chi connectivity index (χ3n) is 2.96. The Kier molecular flexibility index (Phi) is 5.37. The van der Waals surface area contributed by atoms with Crippen LogP contribution in [-0.4, -0.2) is 19.9 Å². The van der Waals surface area contributed by atoms with Gasteiger partial charge in [-0.15, -0.1) is 22.7 Å². The van der Waals surface area contributed by atoms with Crippen LogP contribution in [0.5, 0.6) is 0 Å². The monoisotopic (exact) mass is 345 g/mol. The number of thiazole rings is 1. The van der Waals surface area contributed by atoms with Crippen LogP contribution < -0.4 is 10.0 Å². The molecule has 8 heteroatoms. The maximum Gasteiger partial charge on any atom is 0.264 e. The fourth-order valence-electron chi connectivity index (χ4n) is 1.76. The minimum Gasteiger partial charge on any atom is -0.312 e. The van der Waals surface area contributed by atoms with E-state index in [2.05, 4.69) is 21.9 Å². The number of anilines is 1. The van der Waals surface area contributed by atoms with Crippen LogP contribution in [-0.2, 0) is 16.6 Å². The normalized spacial score (nSPS) is 11.8. The highest BCUT2D eigenvalue weighted by Gasteiger charge is 2.21. The summed E-state index contributed by atoms with van der Waals surface area (Å²) in [7, 11) is -3.57. The van der Waals surface area contributed by atoms with E-state index >= 15 is 0 Å². The summed E-state index contributed by atoms with van der Waals surface area (Å²) in [6.07, 6.45) is 1.02. The maximum absolute atomic E-state index is 12.5. The first-order chi connectivity index (χ1) is 9.94. The standard InChI is InChI=1S/C13H19N3O2S3/c1-4-6-14-8-11-12(5-7-19-11)21(17,18)16-13-15-9(2)10(3)20-13/h5,7,14H,4,6,8H2,1-3H3,(H,15,16). The smallest absolute Gasteiger partial charge is 0.264 e. The van der Waals surface area contributed by atoms with Crippen molar-refractivity contribution in [2.24, 2.45) is 0 Å². The largest absolute Gasteiger partial charge is 0.312 e. The molecule has 5 nitrogen and oxygen atoms in total. The molecule has 0 bridgehead atoms. The first kappa shape index (κ1) is 16.4. The first-order valence-corrected chi connectivity index (χ1v) is 9.86. The molecular formula is C13H19N3O2S3. The molecule has 0 aliphatic heterocycles. The zero-order valence-corrected chi connectivity index (χ0v) is 14.7. The second-order valence-electron chi connectivity index (χ2n) is 4.65. The highest BCUT2D eigenvalue weighted by molar-refractivity contribution is 7.93. The molecule has 0 saturated heterocycles. The fourth-order valence-corrected chi connectivity index (χ4v) is 5.23. The Morgan fingerprint density at radius 2 is 2.10 bits per heavy atom. The van der Waals surface area contributed by atoms with Gasteiger partial charge in [0, 0.05) is 16.3 Å². The van der Waals surface area contributed by atoms with Gasteiger partial charge in [-0.05, 0) is 38.3 Å². The number of nitrogens with one attached hydrogen (secondary N) is 2. The van der Waals surface area contributed by atoms with Gasteiger partial charge < -0.3 is 5.32 Å². The van der Waals surface area contributed by atoms with Crippen LogP contribution in [0, 0.1) is 13.8 Å². The number of nitrogens with zero attached hydrogens (tertiary/aromatic N) is 1. The minimum absolute atomic E-state index is 0.335. The lowest BCUT2D eigenvalue weighted by Crippen LogP contribution is -2.18. The van der Waals surface area contributed by atoms with Crippen molar-refractivity contribution in [1.82, 2.24) is 10.3 Å². The summed E-state index contributed by atoms with van der Waals surface area (Å²) in [5.74, 6) is 0. The van der Waals surface area contributed by atoms with Crippen molar-refractivity contribution < 1.29 is 8.42 Å². The molecule has 0 fully saturated rings. The first-order valence-electron chi connectivity index (χ1n) is 6.68. The van der Waals surface area contributed by atoms with E-state index in [0.717, 1.165) is 28.4 Å². The molecule has 0 spiro atoms. The average molecular weight is 346 g/mol. The van der Waals surface area contributed by atoms with Crippen LogP contribution in [0.1, 0.15) is 28.8 Å². The number of hydrogen-bond donors (Lipinski definition) is 2. The summed E-state index contributed by atoms with van der Waals surface area (Å²) in [5, 5.41) is 5.45. The molecule has 0 unspecified atom stereocenters. The van der Waals surface area contributed by atoms with Gasteiger partial charge in [0.2, 0.25) is 0 Å². The second-order valence-corrected chi connectivity index (χ2v) is 8.51. The van der Waals surface area contributed by atoms with Crippen molar-refractivity contribution >= 4 is 37.8 Å². The van der Waals surface area contributed by atoms with E-state index in [4.69, 9.17) is 0 Å². The molecule has 2 heterocycles. The lowest BCUT2D eigenvalue weighted by atomic mass is 10.4. The molecular weight excluding hydrogens is 326 g/mol. The van der Waals surface area contributed by atoms with Crippen molar-refractivity contribution in [3.63, 3.8) is 0 Å². The molecule has 2 N–H and O–H groups in total. The van der Waals surface area contributed by atoms with Gasteiger partial charge in [-0.1, -0.05) is 6.92 Å². The molecule has 21 heavy (non-hydrogen) atoms. The summed E-state index contributed by atoms with van der Waals surface area (Å²) in [4.78, 5) is 6.40. The molecule has 0 radical (unpaired) electrons. The lowest BCUT2D eigenvalue weighted by Gasteiger charge is -2.07. The number of thiophene rings is 1. The fraction of sp³-hybridized carbons (Fsp3) is 0.462. The summed E-state index contributed by atoms with van der Waals surface area (Å²) < 4.78 is 27.5. The molecule has 0 aromatic carbocycles. The number of aromatic nitrogens is 1. The summed E-state index contributed by atoms with van der Waals surface area (Å²) >= 11 is 2.80. The predicted molar refractivity (Wildman–Crippen MR) is 88.7 cm³/mol. The Bertz CT molecular complexity index is 685. The number of rotatable bonds is 7. The lowest BCUT2D eigenvalue weighted by molar-refractivity contribution is 0.599. The van der Waals surface area contributed by atoms with E-state index in [9.17, 15) is 8.42 Å². The quantitative estimate of drug-likeness (QED) is 0.756. The highest BCUT2D eigenvalue weighted by Crippen LogP contribution is 2.27. The average Bonchev–Trinajstić information content (AvgIpc) is 2.98. The van der Waals surface area contributed by atoms with E-state index < -0.39 is 10.0 Å². The van der Waals surface area contributed by atoms with Crippen molar-refractivity contribution in [2.75, 3.05) is 11.3 Å². The maximum atomic E-state index is 12.5. The molecule has 2 aromatic heterocycles. The van der Waals surface area contributed by atoms with E-state index in [-0.39, 0.29) is 0 Å². The Labute approximate surface area is 133 Å². The van der Waals surface area contributed by atoms with E-state index in [1.165, 1.54) is 22.7 Å². The predicted octanol–water partition coefficient (Wildman–Crippen LogP) is 3.12. The summed E-state index contributed by atoms with van der Waals surface area (Å²) in [5.41, 5.74) is 0.854. The molecule has 0 atom stereocenters. The molecule has 0 saturated carbocycles. The zero-order valence-electron chi connectivity index (χ0n) is 12.3. The summed E-state index contributed by atoms with van der Waals surface area (Å²) in [6, 6.07) is 1.64. The van der Waals surface area contributed by atoms with Gasteiger partial charge >= 0.3 is 0 Å². The molecule has 2 rings (SSSR count). The van der Waals surface area contributed by atoms with Crippen LogP contribution in [0.2, 0.25) is 0 Å². The SMILES string of the molecule is CCCNCc1sccc1S(=O)(=O)Nc1nc(C)c(C)s1. The third kappa shape index (κ3) is 4.03. The van der Waals surface area contributed by atoms with Crippen molar-refractivity contribution in [3.05, 3.63) is 26.9 Å². The van der Waals surface area contributed by atoms with Gasteiger partial charge in [-0.25, -0.2) is 13.4 Å². The molecule has 2 aromatic rings. The van der Waals surface area contributed by atoms with Gasteiger partial charge in [0.1, 0.15) is 4.90 Å². The molecule has 0 aliphatic rings. The number of hydrogen-bond acceptors (Lipinski definition) is 6. The Balaban J connectivity index is 2.17. The topological polar surface area (TPSA) is 71.1 Å². The van der Waals surface area contributed by atoms with Crippen LogP contribution in [0.15, 0.2) is 16.3 Å². The van der Waals surface area contributed by atoms with Gasteiger partial charge in [-0.3, -0.25) is 4.72 Å². The molecule has 0 aliphatic carbocycles. The zero-order chi connectivity index (χ0) is 15.5. The number of aryl methyl sites for hydroxylation is 2. The second kappa shape index (κ2) is 6.87. The van der Waals surface area contributed by atoms with E-state index in [0.29, 0.717) is 16.6 Å². The van der Waals surface area contributed by atoms with Crippen molar-refractivity contribution in [1.29, 1.82) is 0 Å². The van der Waals surface area contributed by atoms with Crippen LogP contribution in [0.25, 0.3) is 0 Å². The van der Waals surface area contributed by atoms with Crippen LogP contribution >= 0.6 is 22.7 Å². The van der Waals surface area contributed by atoms with Gasteiger partial charge in [0.05, 0.1) is 5.69 Å². The van der Waals surface area contributed by atoms with E-state index in [1.54, 1.807) is 11.4 Å². The van der Waals surface area contributed by atoms with Crippen LogP contribution in [0.4, 0.5) is 5.13 Å². The highest BCUT2D eigenvalue weighted by atomic mass is 32.2. The van der Waals surface area contributed by atoms with Gasteiger partial charge in [0.15, 0.2) is 5.13 Å². The Morgan fingerprint density at radius 3 is 2.71 bits per heavy atom. The van der Waals surface area contributed by atoms with E-state index in [1.807, 2.05) is 13.8 Å². The van der Waals surface area contributed by atoms with Gasteiger partial charge in [-0.2, -0.15) is 0 Å². The summed E-state index contributed by atoms with van der Waals surface area (Å²) in [6.45, 7) is 7.31. The number of sulfonamides is 1. The Hall–Kier alpha value is -0.960. The van der Waals surface area contributed by atoms with Crippen molar-refractivity contribution in [3.8, 4) is 0 Å². The third-order valence-corrected chi connectivity index (χ3v) is 6.55.